The van der Waals surface area contributed by atoms with E-state index in [0.717, 1.165) is 30.4 Å². The van der Waals surface area contributed by atoms with Crippen LogP contribution >= 0.6 is 15.9 Å². The molecule has 0 spiro atoms. The molecule has 19 heavy (non-hydrogen) atoms. The summed E-state index contributed by atoms with van der Waals surface area (Å²) >= 11 is 3.39. The largest absolute Gasteiger partial charge is 0.319 e. The van der Waals surface area contributed by atoms with Crippen LogP contribution in [0, 0.1) is 23.6 Å². The van der Waals surface area contributed by atoms with Gasteiger partial charge in [-0.15, -0.1) is 0 Å². The van der Waals surface area contributed by atoms with Gasteiger partial charge in [0.1, 0.15) is 5.82 Å². The lowest BCUT2D eigenvalue weighted by Gasteiger charge is -2.35. The van der Waals surface area contributed by atoms with E-state index in [1.165, 1.54) is 25.3 Å². The fraction of sp³-hybridized carbons (Fsp3) is 0.625. The molecule has 0 aromatic heterocycles. The van der Waals surface area contributed by atoms with E-state index in [4.69, 9.17) is 0 Å². The summed E-state index contributed by atoms with van der Waals surface area (Å²) in [6, 6.07) is 5.37. The third-order valence-corrected chi connectivity index (χ3v) is 5.27. The summed E-state index contributed by atoms with van der Waals surface area (Å²) in [6.45, 7) is 3.41. The molecule has 0 saturated heterocycles. The molecule has 1 fully saturated rings. The van der Waals surface area contributed by atoms with Crippen LogP contribution in [-0.2, 0) is 6.42 Å². The number of benzene rings is 1. The van der Waals surface area contributed by atoms with Crippen molar-refractivity contribution in [2.24, 2.45) is 17.8 Å². The second kappa shape index (κ2) is 6.85. The van der Waals surface area contributed by atoms with Crippen molar-refractivity contribution in [3.05, 3.63) is 34.1 Å². The Morgan fingerprint density at radius 1 is 1.32 bits per heavy atom. The standard InChI is InChI=1S/C16H23BrFN/c1-11-6-7-13(10-19-2)14(8-11)9-12-4-3-5-15(18)16(12)17/h3-5,11,13-14,19H,6-10H2,1-2H3. The molecule has 0 aliphatic heterocycles. The van der Waals surface area contributed by atoms with Gasteiger partial charge in [-0.2, -0.15) is 0 Å². The Labute approximate surface area is 124 Å². The maximum Gasteiger partial charge on any atom is 0.137 e. The van der Waals surface area contributed by atoms with E-state index in [9.17, 15) is 4.39 Å². The minimum atomic E-state index is -0.147. The van der Waals surface area contributed by atoms with Crippen molar-refractivity contribution < 1.29 is 4.39 Å². The lowest BCUT2D eigenvalue weighted by atomic mass is 9.72. The average molecular weight is 328 g/mol. The first kappa shape index (κ1) is 15.0. The lowest BCUT2D eigenvalue weighted by Crippen LogP contribution is -2.32. The van der Waals surface area contributed by atoms with Crippen LogP contribution < -0.4 is 5.32 Å². The van der Waals surface area contributed by atoms with E-state index in [0.29, 0.717) is 10.4 Å². The van der Waals surface area contributed by atoms with Gasteiger partial charge < -0.3 is 5.32 Å². The number of nitrogens with one attached hydrogen (secondary N) is 1. The van der Waals surface area contributed by atoms with Crippen molar-refractivity contribution >= 4 is 15.9 Å². The topological polar surface area (TPSA) is 12.0 Å². The third-order valence-electron chi connectivity index (χ3n) is 4.38. The molecule has 3 atom stereocenters. The van der Waals surface area contributed by atoms with Crippen LogP contribution in [0.1, 0.15) is 31.7 Å². The predicted octanol–water partition coefficient (Wildman–Crippen LogP) is 4.40. The Bertz CT molecular complexity index is 421. The highest BCUT2D eigenvalue weighted by molar-refractivity contribution is 9.10. The van der Waals surface area contributed by atoms with Gasteiger partial charge in [0.2, 0.25) is 0 Å². The van der Waals surface area contributed by atoms with E-state index in [1.54, 1.807) is 0 Å². The van der Waals surface area contributed by atoms with Gasteiger partial charge in [0.15, 0.2) is 0 Å². The molecule has 0 bridgehead atoms. The molecule has 0 heterocycles. The highest BCUT2D eigenvalue weighted by Gasteiger charge is 2.28. The van der Waals surface area contributed by atoms with Gasteiger partial charge >= 0.3 is 0 Å². The van der Waals surface area contributed by atoms with Crippen molar-refractivity contribution in [1.82, 2.24) is 5.32 Å². The zero-order valence-corrected chi connectivity index (χ0v) is 13.3. The van der Waals surface area contributed by atoms with Crippen LogP contribution in [0.3, 0.4) is 0 Å². The van der Waals surface area contributed by atoms with Gasteiger partial charge in [0.25, 0.3) is 0 Å². The summed E-state index contributed by atoms with van der Waals surface area (Å²) in [5.74, 6) is 2.03. The summed E-state index contributed by atoms with van der Waals surface area (Å²) in [5.41, 5.74) is 1.11. The Balaban J connectivity index is 2.11. The molecule has 3 heteroatoms. The predicted molar refractivity (Wildman–Crippen MR) is 81.7 cm³/mol. The molecule has 1 aromatic carbocycles. The zero-order chi connectivity index (χ0) is 13.8. The van der Waals surface area contributed by atoms with Crippen molar-refractivity contribution in [1.29, 1.82) is 0 Å². The van der Waals surface area contributed by atoms with Crippen molar-refractivity contribution in [3.63, 3.8) is 0 Å². The first-order valence-electron chi connectivity index (χ1n) is 7.19. The smallest absolute Gasteiger partial charge is 0.137 e. The summed E-state index contributed by atoms with van der Waals surface area (Å²) in [6.07, 6.45) is 4.86. The summed E-state index contributed by atoms with van der Waals surface area (Å²) in [4.78, 5) is 0. The molecule has 1 N–H and O–H groups in total. The maximum atomic E-state index is 13.6. The van der Waals surface area contributed by atoms with Gasteiger partial charge in [0, 0.05) is 0 Å². The molecular formula is C16H23BrFN. The molecule has 1 aromatic rings. The average Bonchev–Trinajstić information content (AvgIpc) is 2.38. The number of hydrogen-bond acceptors (Lipinski definition) is 1. The van der Waals surface area contributed by atoms with Crippen molar-refractivity contribution in [3.8, 4) is 0 Å². The van der Waals surface area contributed by atoms with Crippen molar-refractivity contribution in [2.45, 2.75) is 32.6 Å². The first-order chi connectivity index (χ1) is 9.11. The van der Waals surface area contributed by atoms with Crippen LogP contribution in [0.4, 0.5) is 4.39 Å². The van der Waals surface area contributed by atoms with Crippen LogP contribution in [0.25, 0.3) is 0 Å². The van der Waals surface area contributed by atoms with E-state index in [2.05, 4.69) is 28.2 Å². The van der Waals surface area contributed by atoms with Crippen LogP contribution in [0.2, 0.25) is 0 Å². The van der Waals surface area contributed by atoms with Gasteiger partial charge in [-0.05, 0) is 78.2 Å². The second-order valence-corrected chi connectivity index (χ2v) is 6.71. The first-order valence-corrected chi connectivity index (χ1v) is 7.98. The molecule has 1 aliphatic carbocycles. The van der Waals surface area contributed by atoms with Crippen LogP contribution in [0.5, 0.6) is 0 Å². The Kier molecular flexibility index (Phi) is 5.40. The monoisotopic (exact) mass is 327 g/mol. The third kappa shape index (κ3) is 3.79. The van der Waals surface area contributed by atoms with Crippen molar-refractivity contribution in [2.75, 3.05) is 13.6 Å². The van der Waals surface area contributed by atoms with E-state index >= 15 is 0 Å². The maximum absolute atomic E-state index is 13.6. The van der Waals surface area contributed by atoms with E-state index in [1.807, 2.05) is 19.2 Å². The number of rotatable bonds is 4. The minimum absolute atomic E-state index is 0.147. The minimum Gasteiger partial charge on any atom is -0.319 e. The molecule has 1 saturated carbocycles. The molecule has 3 unspecified atom stereocenters. The normalized spacial score (nSPS) is 27.5. The van der Waals surface area contributed by atoms with E-state index in [-0.39, 0.29) is 5.82 Å². The zero-order valence-electron chi connectivity index (χ0n) is 11.8. The lowest BCUT2D eigenvalue weighted by molar-refractivity contribution is 0.186. The van der Waals surface area contributed by atoms with E-state index < -0.39 is 0 Å². The van der Waals surface area contributed by atoms with Gasteiger partial charge in [0.05, 0.1) is 4.47 Å². The SMILES string of the molecule is CNCC1CCC(C)CC1Cc1cccc(F)c1Br. The number of halogens is 2. The van der Waals surface area contributed by atoms with Gasteiger partial charge in [-0.1, -0.05) is 25.5 Å². The molecule has 106 valence electrons. The molecule has 2 rings (SSSR count). The van der Waals surface area contributed by atoms with Crippen LogP contribution in [0.15, 0.2) is 22.7 Å². The van der Waals surface area contributed by atoms with Crippen LogP contribution in [-0.4, -0.2) is 13.6 Å². The fourth-order valence-corrected chi connectivity index (χ4v) is 3.76. The highest BCUT2D eigenvalue weighted by Crippen LogP contribution is 2.37. The molecule has 0 amide bonds. The van der Waals surface area contributed by atoms with Gasteiger partial charge in [-0.3, -0.25) is 0 Å². The molecular weight excluding hydrogens is 305 g/mol. The highest BCUT2D eigenvalue weighted by atomic mass is 79.9. The second-order valence-electron chi connectivity index (χ2n) is 5.91. The summed E-state index contributed by atoms with van der Waals surface area (Å²) in [5, 5.41) is 3.31. The molecule has 1 nitrogen and oxygen atoms in total. The molecule has 1 aliphatic rings. The molecule has 0 radical (unpaired) electrons. The Hall–Kier alpha value is -0.410. The quantitative estimate of drug-likeness (QED) is 0.864. The summed E-state index contributed by atoms with van der Waals surface area (Å²) < 4.78 is 14.2. The van der Waals surface area contributed by atoms with Gasteiger partial charge in [-0.25, -0.2) is 4.39 Å². The Morgan fingerprint density at radius 3 is 2.84 bits per heavy atom. The Morgan fingerprint density at radius 2 is 2.11 bits per heavy atom. The number of hydrogen-bond donors (Lipinski definition) is 1. The fourth-order valence-electron chi connectivity index (χ4n) is 3.33. The summed E-state index contributed by atoms with van der Waals surface area (Å²) in [7, 11) is 2.02.